The third kappa shape index (κ3) is 3.60. The Morgan fingerprint density at radius 2 is 2.30 bits per heavy atom. The number of aryl methyl sites for hydroxylation is 1. The molecule has 0 radical (unpaired) electrons. The molecule has 0 saturated carbocycles. The SMILES string of the molecule is CC(C)c1nc(CC(=O)N2CCC[C@H](c3nncn3C)C2)cs1. The van der Waals surface area contributed by atoms with Crippen molar-refractivity contribution in [1.29, 1.82) is 0 Å². The zero-order valence-electron chi connectivity index (χ0n) is 13.9. The highest BCUT2D eigenvalue weighted by Crippen LogP contribution is 2.26. The van der Waals surface area contributed by atoms with Crippen LogP contribution >= 0.6 is 11.3 Å². The van der Waals surface area contributed by atoms with Gasteiger partial charge in [0.25, 0.3) is 0 Å². The van der Waals surface area contributed by atoms with Crippen molar-refractivity contribution < 1.29 is 4.79 Å². The van der Waals surface area contributed by atoms with E-state index in [4.69, 9.17) is 0 Å². The molecular weight excluding hydrogens is 310 g/mol. The summed E-state index contributed by atoms with van der Waals surface area (Å²) in [7, 11) is 1.96. The number of carbonyl (C=O) groups excluding carboxylic acids is 1. The standard InChI is InChI=1S/C16H23N5OS/c1-11(2)16-18-13(9-23-16)7-14(22)21-6-4-5-12(8-21)15-19-17-10-20(15)3/h9-12H,4-8H2,1-3H3/t12-/m0/s1. The van der Waals surface area contributed by atoms with Crippen molar-refractivity contribution in [3.05, 3.63) is 28.2 Å². The molecule has 0 aromatic carbocycles. The van der Waals surface area contributed by atoms with Gasteiger partial charge in [-0.15, -0.1) is 21.5 Å². The van der Waals surface area contributed by atoms with E-state index in [9.17, 15) is 4.79 Å². The monoisotopic (exact) mass is 333 g/mol. The molecule has 7 heteroatoms. The summed E-state index contributed by atoms with van der Waals surface area (Å²) in [6.45, 7) is 5.81. The van der Waals surface area contributed by atoms with E-state index in [1.165, 1.54) is 0 Å². The molecule has 0 N–H and O–H groups in total. The fraction of sp³-hybridized carbons (Fsp3) is 0.625. The van der Waals surface area contributed by atoms with Gasteiger partial charge < -0.3 is 9.47 Å². The predicted molar refractivity (Wildman–Crippen MR) is 89.5 cm³/mol. The molecule has 3 rings (SSSR count). The fourth-order valence-electron chi connectivity index (χ4n) is 3.01. The summed E-state index contributed by atoms with van der Waals surface area (Å²) in [5, 5.41) is 11.3. The first kappa shape index (κ1) is 16.1. The van der Waals surface area contributed by atoms with Crippen molar-refractivity contribution >= 4 is 17.2 Å². The molecule has 0 bridgehead atoms. The van der Waals surface area contributed by atoms with Crippen LogP contribution in [0, 0.1) is 0 Å². The van der Waals surface area contributed by atoms with Crippen LogP contribution < -0.4 is 0 Å². The maximum atomic E-state index is 12.6. The molecule has 23 heavy (non-hydrogen) atoms. The minimum atomic E-state index is 0.164. The van der Waals surface area contributed by atoms with Crippen molar-refractivity contribution in [3.8, 4) is 0 Å². The number of hydrogen-bond donors (Lipinski definition) is 0. The summed E-state index contributed by atoms with van der Waals surface area (Å²) in [5.41, 5.74) is 0.893. The number of piperidine rings is 1. The topological polar surface area (TPSA) is 63.9 Å². The summed E-state index contributed by atoms with van der Waals surface area (Å²) >= 11 is 1.64. The van der Waals surface area contributed by atoms with Gasteiger partial charge >= 0.3 is 0 Å². The molecule has 1 aliphatic rings. The molecule has 1 saturated heterocycles. The van der Waals surface area contributed by atoms with Crippen molar-refractivity contribution in [1.82, 2.24) is 24.6 Å². The summed E-state index contributed by atoms with van der Waals surface area (Å²) in [4.78, 5) is 19.1. The van der Waals surface area contributed by atoms with Gasteiger partial charge in [0.15, 0.2) is 0 Å². The van der Waals surface area contributed by atoms with E-state index in [1.807, 2.05) is 21.9 Å². The molecule has 0 unspecified atom stereocenters. The van der Waals surface area contributed by atoms with Crippen molar-refractivity contribution in [3.63, 3.8) is 0 Å². The molecule has 1 fully saturated rings. The lowest BCUT2D eigenvalue weighted by Gasteiger charge is -2.32. The molecule has 0 spiro atoms. The highest BCUT2D eigenvalue weighted by molar-refractivity contribution is 7.09. The first-order valence-corrected chi connectivity index (χ1v) is 8.98. The van der Waals surface area contributed by atoms with Gasteiger partial charge in [0.1, 0.15) is 12.2 Å². The van der Waals surface area contributed by atoms with Crippen LogP contribution in [0.3, 0.4) is 0 Å². The Morgan fingerprint density at radius 1 is 1.48 bits per heavy atom. The van der Waals surface area contributed by atoms with Gasteiger partial charge in [-0.25, -0.2) is 4.98 Å². The molecule has 1 atom stereocenters. The Balaban J connectivity index is 1.63. The highest BCUT2D eigenvalue weighted by atomic mass is 32.1. The van der Waals surface area contributed by atoms with Gasteiger partial charge in [-0.05, 0) is 12.8 Å². The molecule has 2 aromatic rings. The Morgan fingerprint density at radius 3 is 2.96 bits per heavy atom. The Hall–Kier alpha value is -1.76. The van der Waals surface area contributed by atoms with E-state index in [0.717, 1.165) is 42.5 Å². The molecular formula is C16H23N5OS. The van der Waals surface area contributed by atoms with Gasteiger partial charge in [0.2, 0.25) is 5.91 Å². The quantitative estimate of drug-likeness (QED) is 0.861. The van der Waals surface area contributed by atoms with Crippen LogP contribution in [0.25, 0.3) is 0 Å². The Labute approximate surface area is 140 Å². The third-order valence-corrected chi connectivity index (χ3v) is 5.48. The number of likely N-dealkylation sites (tertiary alicyclic amines) is 1. The van der Waals surface area contributed by atoms with Gasteiger partial charge in [-0.3, -0.25) is 4.79 Å². The lowest BCUT2D eigenvalue weighted by atomic mass is 9.97. The molecule has 6 nitrogen and oxygen atoms in total. The average Bonchev–Trinajstić information content (AvgIpc) is 3.16. The second-order valence-electron chi connectivity index (χ2n) is 6.49. The largest absolute Gasteiger partial charge is 0.342 e. The normalized spacial score (nSPS) is 18.6. The second-order valence-corrected chi connectivity index (χ2v) is 7.38. The van der Waals surface area contributed by atoms with Crippen molar-refractivity contribution in [2.75, 3.05) is 13.1 Å². The van der Waals surface area contributed by atoms with E-state index in [1.54, 1.807) is 17.7 Å². The van der Waals surface area contributed by atoms with Crippen LogP contribution in [0.5, 0.6) is 0 Å². The van der Waals surface area contributed by atoms with E-state index in [2.05, 4.69) is 29.0 Å². The zero-order chi connectivity index (χ0) is 16.4. The van der Waals surface area contributed by atoms with Crippen molar-refractivity contribution in [2.24, 2.45) is 7.05 Å². The fourth-order valence-corrected chi connectivity index (χ4v) is 3.85. The van der Waals surface area contributed by atoms with Crippen LogP contribution in [0.15, 0.2) is 11.7 Å². The van der Waals surface area contributed by atoms with E-state index in [-0.39, 0.29) is 11.8 Å². The summed E-state index contributed by atoms with van der Waals surface area (Å²) in [5.74, 6) is 1.83. The number of amides is 1. The van der Waals surface area contributed by atoms with Crippen LogP contribution in [0.1, 0.15) is 55.1 Å². The van der Waals surface area contributed by atoms with Crippen molar-refractivity contribution in [2.45, 2.75) is 44.9 Å². The molecule has 1 aliphatic heterocycles. The maximum Gasteiger partial charge on any atom is 0.228 e. The minimum absolute atomic E-state index is 0.164. The summed E-state index contributed by atoms with van der Waals surface area (Å²) < 4.78 is 1.95. The molecule has 1 amide bonds. The highest BCUT2D eigenvalue weighted by Gasteiger charge is 2.27. The van der Waals surface area contributed by atoms with Crippen LogP contribution in [0.2, 0.25) is 0 Å². The first-order chi connectivity index (χ1) is 11.0. The van der Waals surface area contributed by atoms with Gasteiger partial charge in [0, 0.05) is 37.4 Å². The number of carbonyl (C=O) groups is 1. The van der Waals surface area contributed by atoms with E-state index in [0.29, 0.717) is 12.3 Å². The summed E-state index contributed by atoms with van der Waals surface area (Å²) in [6.07, 6.45) is 4.19. The third-order valence-electron chi connectivity index (χ3n) is 4.28. The van der Waals surface area contributed by atoms with E-state index >= 15 is 0 Å². The minimum Gasteiger partial charge on any atom is -0.342 e. The first-order valence-electron chi connectivity index (χ1n) is 8.10. The Kier molecular flexibility index (Phi) is 4.75. The lowest BCUT2D eigenvalue weighted by molar-refractivity contribution is -0.131. The number of hydrogen-bond acceptors (Lipinski definition) is 5. The average molecular weight is 333 g/mol. The number of rotatable bonds is 4. The van der Waals surface area contributed by atoms with Crippen LogP contribution in [-0.2, 0) is 18.3 Å². The number of thiazole rings is 1. The number of nitrogens with zero attached hydrogens (tertiary/aromatic N) is 5. The Bertz CT molecular complexity index is 678. The van der Waals surface area contributed by atoms with Crippen LogP contribution in [-0.4, -0.2) is 43.6 Å². The maximum absolute atomic E-state index is 12.6. The smallest absolute Gasteiger partial charge is 0.228 e. The second kappa shape index (κ2) is 6.78. The number of aromatic nitrogens is 4. The van der Waals surface area contributed by atoms with Crippen LogP contribution in [0.4, 0.5) is 0 Å². The predicted octanol–water partition coefficient (Wildman–Crippen LogP) is 2.34. The molecule has 124 valence electrons. The van der Waals surface area contributed by atoms with Gasteiger partial charge in [-0.2, -0.15) is 0 Å². The summed E-state index contributed by atoms with van der Waals surface area (Å²) in [6, 6.07) is 0. The molecule has 0 aliphatic carbocycles. The lowest BCUT2D eigenvalue weighted by Crippen LogP contribution is -2.40. The molecule has 3 heterocycles. The zero-order valence-corrected chi connectivity index (χ0v) is 14.7. The van der Waals surface area contributed by atoms with E-state index < -0.39 is 0 Å². The van der Waals surface area contributed by atoms with Gasteiger partial charge in [-0.1, -0.05) is 13.8 Å². The molecule has 2 aromatic heterocycles. The van der Waals surface area contributed by atoms with Gasteiger partial charge in [0.05, 0.1) is 17.1 Å².